The number of benzene rings is 1. The van der Waals surface area contributed by atoms with Crippen LogP contribution in [0.5, 0.6) is 0 Å². The topological polar surface area (TPSA) is 29.9 Å². The third-order valence-corrected chi connectivity index (χ3v) is 4.11. The molecule has 19 heavy (non-hydrogen) atoms. The Bertz CT molecular complexity index is 629. The van der Waals surface area contributed by atoms with E-state index in [2.05, 4.69) is 25.2 Å². The van der Waals surface area contributed by atoms with Crippen molar-refractivity contribution in [3.8, 4) is 5.69 Å². The number of anilines is 1. The summed E-state index contributed by atoms with van der Waals surface area (Å²) < 4.78 is 2.01. The second kappa shape index (κ2) is 4.57. The third-order valence-electron chi connectivity index (χ3n) is 3.70. The number of hydrogen-bond acceptors (Lipinski definition) is 2. The quantitative estimate of drug-likeness (QED) is 0.900. The molecule has 2 heterocycles. The molecule has 0 spiro atoms. The molecule has 0 radical (unpaired) electrons. The maximum atomic E-state index is 6.22. The van der Waals surface area contributed by atoms with Crippen LogP contribution in [0.25, 0.3) is 5.69 Å². The van der Waals surface area contributed by atoms with E-state index in [-0.39, 0.29) is 0 Å². The number of fused-ring (bicyclic) bond motifs is 1. The molecule has 0 atom stereocenters. The van der Waals surface area contributed by atoms with Crippen LogP contribution in [0, 0.1) is 6.92 Å². The van der Waals surface area contributed by atoms with Crippen LogP contribution in [0.2, 0.25) is 5.02 Å². The number of nitrogens with one attached hydrogen (secondary N) is 1. The van der Waals surface area contributed by atoms with Gasteiger partial charge in [-0.3, -0.25) is 0 Å². The molecule has 3 rings (SSSR count). The lowest BCUT2D eigenvalue weighted by Gasteiger charge is -2.10. The van der Waals surface area contributed by atoms with Gasteiger partial charge in [-0.05, 0) is 37.0 Å². The van der Waals surface area contributed by atoms with E-state index < -0.39 is 0 Å². The Hall–Kier alpha value is -1.48. The number of halogens is 1. The van der Waals surface area contributed by atoms with E-state index in [1.807, 2.05) is 23.7 Å². The molecule has 0 amide bonds. The minimum atomic E-state index is 0.439. The zero-order valence-corrected chi connectivity index (χ0v) is 12.3. The summed E-state index contributed by atoms with van der Waals surface area (Å²) >= 11 is 6.22. The van der Waals surface area contributed by atoms with Crippen molar-refractivity contribution in [3.05, 3.63) is 40.0 Å². The van der Waals surface area contributed by atoms with Crippen molar-refractivity contribution in [2.75, 3.05) is 11.9 Å². The number of hydrogen-bond donors (Lipinski definition) is 1. The summed E-state index contributed by atoms with van der Waals surface area (Å²) in [6.45, 7) is 7.41. The van der Waals surface area contributed by atoms with Gasteiger partial charge in [0.2, 0.25) is 0 Å². The fraction of sp³-hybridized carbons (Fsp3) is 0.400. The van der Waals surface area contributed by atoms with Crippen molar-refractivity contribution >= 4 is 17.4 Å². The zero-order valence-electron chi connectivity index (χ0n) is 11.5. The Balaban J connectivity index is 2.21. The molecule has 4 heteroatoms. The average Bonchev–Trinajstić information content (AvgIpc) is 2.94. The molecule has 0 saturated carbocycles. The van der Waals surface area contributed by atoms with Gasteiger partial charge in [0, 0.05) is 17.1 Å². The van der Waals surface area contributed by atoms with Gasteiger partial charge in [-0.1, -0.05) is 31.5 Å². The van der Waals surface area contributed by atoms with E-state index in [0.717, 1.165) is 35.1 Å². The molecule has 1 aliphatic rings. The lowest BCUT2D eigenvalue weighted by atomic mass is 10.1. The Morgan fingerprint density at radius 1 is 1.37 bits per heavy atom. The van der Waals surface area contributed by atoms with E-state index in [9.17, 15) is 0 Å². The molecule has 0 bridgehead atoms. The summed E-state index contributed by atoms with van der Waals surface area (Å²) in [6, 6.07) is 5.96. The summed E-state index contributed by atoms with van der Waals surface area (Å²) in [5.41, 5.74) is 4.68. The molecule has 1 N–H and O–H groups in total. The summed E-state index contributed by atoms with van der Waals surface area (Å²) in [5, 5.41) is 9.03. The number of rotatable bonds is 2. The first-order chi connectivity index (χ1) is 9.09. The third kappa shape index (κ3) is 1.93. The maximum absolute atomic E-state index is 6.22. The Kier molecular flexibility index (Phi) is 3.02. The maximum Gasteiger partial charge on any atom is 0.133 e. The van der Waals surface area contributed by atoms with Gasteiger partial charge >= 0.3 is 0 Å². The van der Waals surface area contributed by atoms with Gasteiger partial charge in [-0.25, -0.2) is 4.68 Å². The van der Waals surface area contributed by atoms with Crippen LogP contribution in [-0.2, 0) is 6.42 Å². The second-order valence-electron chi connectivity index (χ2n) is 5.34. The van der Waals surface area contributed by atoms with E-state index >= 15 is 0 Å². The van der Waals surface area contributed by atoms with Gasteiger partial charge in [0.15, 0.2) is 0 Å². The molecule has 0 fully saturated rings. The van der Waals surface area contributed by atoms with Crippen LogP contribution in [0.4, 0.5) is 5.82 Å². The van der Waals surface area contributed by atoms with Gasteiger partial charge in [-0.15, -0.1) is 0 Å². The summed E-state index contributed by atoms with van der Waals surface area (Å²) in [6.07, 6.45) is 1.06. The van der Waals surface area contributed by atoms with Crippen LogP contribution >= 0.6 is 11.6 Å². The highest BCUT2D eigenvalue weighted by atomic mass is 35.5. The fourth-order valence-corrected chi connectivity index (χ4v) is 2.83. The smallest absolute Gasteiger partial charge is 0.133 e. The molecule has 2 aromatic rings. The molecule has 3 nitrogen and oxygen atoms in total. The predicted octanol–water partition coefficient (Wildman–Crippen LogP) is 3.93. The largest absolute Gasteiger partial charge is 0.369 e. The van der Waals surface area contributed by atoms with Crippen molar-refractivity contribution in [3.63, 3.8) is 0 Å². The normalized spacial score (nSPS) is 13.7. The molecule has 0 unspecified atom stereocenters. The lowest BCUT2D eigenvalue weighted by molar-refractivity contribution is 0.755. The van der Waals surface area contributed by atoms with Crippen molar-refractivity contribution in [2.45, 2.75) is 33.1 Å². The summed E-state index contributed by atoms with van der Waals surface area (Å²) in [5.74, 6) is 1.57. The van der Waals surface area contributed by atoms with Crippen molar-refractivity contribution in [2.24, 2.45) is 0 Å². The monoisotopic (exact) mass is 275 g/mol. The van der Waals surface area contributed by atoms with Gasteiger partial charge in [0.25, 0.3) is 0 Å². The van der Waals surface area contributed by atoms with Crippen molar-refractivity contribution in [1.82, 2.24) is 9.78 Å². The van der Waals surface area contributed by atoms with Gasteiger partial charge in [0.05, 0.1) is 11.4 Å². The first kappa shape index (κ1) is 12.5. The van der Waals surface area contributed by atoms with Gasteiger partial charge in [0.1, 0.15) is 5.82 Å². The first-order valence-corrected chi connectivity index (χ1v) is 7.08. The number of nitrogens with zero attached hydrogens (tertiary/aromatic N) is 2. The molecule has 0 saturated heterocycles. The van der Waals surface area contributed by atoms with E-state index in [0.29, 0.717) is 5.92 Å². The predicted molar refractivity (Wildman–Crippen MR) is 79.6 cm³/mol. The minimum Gasteiger partial charge on any atom is -0.369 e. The minimum absolute atomic E-state index is 0.439. The van der Waals surface area contributed by atoms with Gasteiger partial charge in [-0.2, -0.15) is 5.10 Å². The molecule has 1 aromatic heterocycles. The molecule has 1 aliphatic heterocycles. The Labute approximate surface area is 118 Å². The Morgan fingerprint density at radius 2 is 2.16 bits per heavy atom. The van der Waals surface area contributed by atoms with Crippen molar-refractivity contribution in [1.29, 1.82) is 0 Å². The standard InChI is InChI=1S/C15H18ClN3/c1-9(2)14-11-7-8-17-15(11)19(18-14)13-6-4-5-12(16)10(13)3/h4-6,9,17H,7-8H2,1-3H3. The molecule has 100 valence electrons. The molecular weight excluding hydrogens is 258 g/mol. The van der Waals surface area contributed by atoms with Crippen molar-refractivity contribution < 1.29 is 0 Å². The highest BCUT2D eigenvalue weighted by molar-refractivity contribution is 6.31. The molecule has 1 aromatic carbocycles. The molecule has 0 aliphatic carbocycles. The zero-order chi connectivity index (χ0) is 13.6. The summed E-state index contributed by atoms with van der Waals surface area (Å²) in [7, 11) is 0. The Morgan fingerprint density at radius 3 is 2.89 bits per heavy atom. The van der Waals surface area contributed by atoms with Gasteiger partial charge < -0.3 is 5.32 Å². The van der Waals surface area contributed by atoms with Crippen LogP contribution in [0.15, 0.2) is 18.2 Å². The lowest BCUT2D eigenvalue weighted by Crippen LogP contribution is -2.06. The second-order valence-corrected chi connectivity index (χ2v) is 5.75. The molecular formula is C15H18ClN3. The highest BCUT2D eigenvalue weighted by Crippen LogP contribution is 2.34. The summed E-state index contributed by atoms with van der Waals surface area (Å²) in [4.78, 5) is 0. The van der Waals surface area contributed by atoms with Crippen LogP contribution in [-0.4, -0.2) is 16.3 Å². The van der Waals surface area contributed by atoms with Crippen LogP contribution < -0.4 is 5.32 Å². The average molecular weight is 276 g/mol. The SMILES string of the molecule is Cc1c(Cl)cccc1-n1nc(C(C)C)c2c1NCC2. The van der Waals surface area contributed by atoms with E-state index in [4.69, 9.17) is 16.7 Å². The fourth-order valence-electron chi connectivity index (χ4n) is 2.66. The number of aromatic nitrogens is 2. The first-order valence-electron chi connectivity index (χ1n) is 6.70. The highest BCUT2D eigenvalue weighted by Gasteiger charge is 2.25. The van der Waals surface area contributed by atoms with E-state index in [1.54, 1.807) is 0 Å². The van der Waals surface area contributed by atoms with Crippen LogP contribution in [0.1, 0.15) is 36.6 Å². The van der Waals surface area contributed by atoms with Crippen LogP contribution in [0.3, 0.4) is 0 Å². The van der Waals surface area contributed by atoms with E-state index in [1.165, 1.54) is 11.3 Å².